The molecule has 4 rings (SSSR count). The first-order valence-electron chi connectivity index (χ1n) is 9.39. The maximum absolute atomic E-state index is 12.6. The number of anilines is 1. The molecular formula is C23H19ClN4O2. The number of nitrogens with one attached hydrogen (secondary N) is 1. The molecule has 0 aliphatic rings. The molecule has 0 atom stereocenters. The molecule has 150 valence electrons. The molecule has 0 aliphatic heterocycles. The van der Waals surface area contributed by atoms with Gasteiger partial charge < -0.3 is 10.1 Å². The topological polar surface area (TPSA) is 69.0 Å². The average molecular weight is 419 g/mol. The fourth-order valence-corrected chi connectivity index (χ4v) is 3.07. The van der Waals surface area contributed by atoms with Crippen molar-refractivity contribution in [3.05, 3.63) is 112 Å². The minimum absolute atomic E-state index is 0.0865. The smallest absolute Gasteiger partial charge is 0.292 e. The monoisotopic (exact) mass is 418 g/mol. The molecule has 4 aromatic rings. The summed E-state index contributed by atoms with van der Waals surface area (Å²) in [6.45, 7) is 0.887. The van der Waals surface area contributed by atoms with E-state index in [9.17, 15) is 4.79 Å². The summed E-state index contributed by atoms with van der Waals surface area (Å²) in [6, 6.07) is 22.8. The van der Waals surface area contributed by atoms with E-state index >= 15 is 0 Å². The quantitative estimate of drug-likeness (QED) is 0.479. The Morgan fingerprint density at radius 3 is 2.47 bits per heavy atom. The van der Waals surface area contributed by atoms with Gasteiger partial charge in [0.15, 0.2) is 0 Å². The number of rotatable bonds is 7. The van der Waals surface area contributed by atoms with Gasteiger partial charge >= 0.3 is 0 Å². The van der Waals surface area contributed by atoms with Gasteiger partial charge in [-0.05, 0) is 29.3 Å². The highest BCUT2D eigenvalue weighted by Gasteiger charge is 2.10. The van der Waals surface area contributed by atoms with Crippen LogP contribution in [0.25, 0.3) is 5.69 Å². The first-order chi connectivity index (χ1) is 14.7. The van der Waals surface area contributed by atoms with Crippen LogP contribution in [0.4, 0.5) is 5.69 Å². The lowest BCUT2D eigenvalue weighted by Crippen LogP contribution is -2.22. The van der Waals surface area contributed by atoms with E-state index in [1.807, 2.05) is 60.7 Å². The molecule has 0 spiro atoms. The second kappa shape index (κ2) is 9.24. The SMILES string of the molecule is O=c1c(Cl)c(NCc2ccnc(OCc3ccccc3)c2)cnn1-c1ccccc1. The summed E-state index contributed by atoms with van der Waals surface area (Å²) in [4.78, 5) is 16.8. The maximum atomic E-state index is 12.6. The lowest BCUT2D eigenvalue weighted by molar-refractivity contribution is 0.293. The van der Waals surface area contributed by atoms with Gasteiger partial charge in [0, 0.05) is 18.8 Å². The van der Waals surface area contributed by atoms with Crippen LogP contribution in [0.2, 0.25) is 5.02 Å². The molecule has 0 amide bonds. The maximum Gasteiger partial charge on any atom is 0.292 e. The second-order valence-corrected chi connectivity index (χ2v) is 6.93. The normalized spacial score (nSPS) is 10.6. The molecule has 0 saturated heterocycles. The molecule has 30 heavy (non-hydrogen) atoms. The van der Waals surface area contributed by atoms with Crippen LogP contribution >= 0.6 is 11.6 Å². The van der Waals surface area contributed by atoms with Gasteiger partial charge in [0.25, 0.3) is 5.56 Å². The molecular weight excluding hydrogens is 400 g/mol. The van der Waals surface area contributed by atoms with Gasteiger partial charge in [0.1, 0.15) is 11.6 Å². The number of benzene rings is 2. The highest BCUT2D eigenvalue weighted by molar-refractivity contribution is 6.32. The molecule has 2 aromatic carbocycles. The van der Waals surface area contributed by atoms with Crippen LogP contribution < -0.4 is 15.6 Å². The number of nitrogens with zero attached hydrogens (tertiary/aromatic N) is 3. The van der Waals surface area contributed by atoms with E-state index in [0.29, 0.717) is 30.4 Å². The summed E-state index contributed by atoms with van der Waals surface area (Å²) in [5.74, 6) is 0.530. The lowest BCUT2D eigenvalue weighted by Gasteiger charge is -2.11. The summed E-state index contributed by atoms with van der Waals surface area (Å²) in [7, 11) is 0. The number of hydrogen-bond acceptors (Lipinski definition) is 5. The Kier molecular flexibility index (Phi) is 6.06. The van der Waals surface area contributed by atoms with E-state index in [-0.39, 0.29) is 10.6 Å². The first kappa shape index (κ1) is 19.7. The van der Waals surface area contributed by atoms with Crippen LogP contribution in [0.15, 0.2) is 90.0 Å². The molecule has 0 aliphatic carbocycles. The largest absolute Gasteiger partial charge is 0.473 e. The highest BCUT2D eigenvalue weighted by Crippen LogP contribution is 2.19. The lowest BCUT2D eigenvalue weighted by atomic mass is 10.2. The Hall–Kier alpha value is -3.64. The van der Waals surface area contributed by atoms with Crippen LogP contribution in [0.1, 0.15) is 11.1 Å². The number of pyridine rings is 1. The van der Waals surface area contributed by atoms with E-state index in [1.54, 1.807) is 24.5 Å². The molecule has 6 nitrogen and oxygen atoms in total. The summed E-state index contributed by atoms with van der Waals surface area (Å²) >= 11 is 6.29. The number of ether oxygens (including phenoxy) is 1. The van der Waals surface area contributed by atoms with Crippen LogP contribution in [0, 0.1) is 0 Å². The summed E-state index contributed by atoms with van der Waals surface area (Å²) < 4.78 is 7.03. The van der Waals surface area contributed by atoms with Crippen molar-refractivity contribution in [1.29, 1.82) is 0 Å². The fourth-order valence-electron chi connectivity index (χ4n) is 2.88. The minimum Gasteiger partial charge on any atom is -0.473 e. The molecule has 2 heterocycles. The molecule has 0 radical (unpaired) electrons. The van der Waals surface area contributed by atoms with Gasteiger partial charge in [-0.1, -0.05) is 60.1 Å². The van der Waals surface area contributed by atoms with Gasteiger partial charge in [-0.25, -0.2) is 4.98 Å². The highest BCUT2D eigenvalue weighted by atomic mass is 35.5. The molecule has 0 bridgehead atoms. The molecule has 7 heteroatoms. The van der Waals surface area contributed by atoms with Crippen molar-refractivity contribution in [3.63, 3.8) is 0 Å². The van der Waals surface area contributed by atoms with Crippen molar-refractivity contribution >= 4 is 17.3 Å². The number of aromatic nitrogens is 3. The van der Waals surface area contributed by atoms with Gasteiger partial charge in [-0.15, -0.1) is 0 Å². The van der Waals surface area contributed by atoms with Crippen LogP contribution in [-0.4, -0.2) is 14.8 Å². The van der Waals surface area contributed by atoms with Gasteiger partial charge in [0.2, 0.25) is 5.88 Å². The zero-order valence-corrected chi connectivity index (χ0v) is 16.8. The zero-order chi connectivity index (χ0) is 20.8. The third-order valence-electron chi connectivity index (χ3n) is 4.43. The van der Waals surface area contributed by atoms with Gasteiger partial charge in [-0.2, -0.15) is 9.78 Å². The standard InChI is InChI=1S/C23H19ClN4O2/c24-22-20(15-27-28(23(22)29)19-9-5-2-6-10-19)26-14-18-11-12-25-21(13-18)30-16-17-7-3-1-4-8-17/h1-13,15,26H,14,16H2. The Balaban J connectivity index is 1.43. The summed E-state index contributed by atoms with van der Waals surface area (Å²) in [5, 5.41) is 7.47. The predicted octanol–water partition coefficient (Wildman–Crippen LogP) is 4.47. The Morgan fingerprint density at radius 2 is 1.70 bits per heavy atom. The van der Waals surface area contributed by atoms with Gasteiger partial charge in [-0.3, -0.25) is 4.79 Å². The van der Waals surface area contributed by atoms with Crippen molar-refractivity contribution in [2.24, 2.45) is 0 Å². The van der Waals surface area contributed by atoms with Crippen molar-refractivity contribution in [2.45, 2.75) is 13.2 Å². The fraction of sp³-hybridized carbons (Fsp3) is 0.0870. The van der Waals surface area contributed by atoms with E-state index < -0.39 is 0 Å². The Labute approximate surface area is 178 Å². The first-order valence-corrected chi connectivity index (χ1v) is 9.77. The molecule has 0 fully saturated rings. The van der Waals surface area contributed by atoms with E-state index in [0.717, 1.165) is 11.1 Å². The third kappa shape index (κ3) is 4.67. The molecule has 0 saturated carbocycles. The number of halogens is 1. The van der Waals surface area contributed by atoms with Crippen molar-refractivity contribution in [3.8, 4) is 11.6 Å². The van der Waals surface area contributed by atoms with E-state index in [2.05, 4.69) is 15.4 Å². The molecule has 2 aromatic heterocycles. The molecule has 0 unspecified atom stereocenters. The van der Waals surface area contributed by atoms with Crippen LogP contribution in [0.5, 0.6) is 5.88 Å². The minimum atomic E-state index is -0.380. The number of hydrogen-bond donors (Lipinski definition) is 1. The van der Waals surface area contributed by atoms with Crippen molar-refractivity contribution in [2.75, 3.05) is 5.32 Å². The Bertz CT molecular complexity index is 1180. The van der Waals surface area contributed by atoms with E-state index in [1.165, 1.54) is 4.68 Å². The third-order valence-corrected chi connectivity index (χ3v) is 4.80. The Morgan fingerprint density at radius 1 is 0.967 bits per heavy atom. The van der Waals surface area contributed by atoms with Crippen molar-refractivity contribution < 1.29 is 4.74 Å². The van der Waals surface area contributed by atoms with Crippen molar-refractivity contribution in [1.82, 2.24) is 14.8 Å². The van der Waals surface area contributed by atoms with Crippen LogP contribution in [-0.2, 0) is 13.2 Å². The summed E-state index contributed by atoms with van der Waals surface area (Å²) in [5.41, 5.74) is 2.76. The average Bonchev–Trinajstić information content (AvgIpc) is 2.80. The second-order valence-electron chi connectivity index (χ2n) is 6.55. The zero-order valence-electron chi connectivity index (χ0n) is 16.0. The van der Waals surface area contributed by atoms with Crippen LogP contribution in [0.3, 0.4) is 0 Å². The van der Waals surface area contributed by atoms with Gasteiger partial charge in [0.05, 0.1) is 17.6 Å². The number of para-hydroxylation sites is 1. The summed E-state index contributed by atoms with van der Waals surface area (Å²) in [6.07, 6.45) is 3.23. The predicted molar refractivity (Wildman–Crippen MR) is 117 cm³/mol. The van der Waals surface area contributed by atoms with E-state index in [4.69, 9.17) is 16.3 Å². The molecule has 1 N–H and O–H groups in total.